The molecule has 0 bridgehead atoms. The highest BCUT2D eigenvalue weighted by molar-refractivity contribution is 6.62. The summed E-state index contributed by atoms with van der Waals surface area (Å²) in [6.07, 6.45) is 3.10. The summed E-state index contributed by atoms with van der Waals surface area (Å²) in [6.45, 7) is -1.08. The lowest BCUT2D eigenvalue weighted by Gasteiger charge is -2.42. The van der Waals surface area contributed by atoms with Gasteiger partial charge >= 0.3 is 12.7 Å². The normalized spacial score (nSPS) is 25.4. The van der Waals surface area contributed by atoms with E-state index in [-0.39, 0.29) is 42.0 Å². The third-order valence-corrected chi connectivity index (χ3v) is 6.36. The van der Waals surface area contributed by atoms with E-state index in [2.05, 4.69) is 9.97 Å². The van der Waals surface area contributed by atoms with Gasteiger partial charge in [-0.2, -0.15) is 0 Å². The molecular formula is C19H22BN4O7-. The Morgan fingerprint density at radius 1 is 1.39 bits per heavy atom. The Bertz CT molecular complexity index is 1070. The maximum absolute atomic E-state index is 12.7. The summed E-state index contributed by atoms with van der Waals surface area (Å²) in [5, 5.41) is 30.0. The molecule has 164 valence electrons. The van der Waals surface area contributed by atoms with Crippen LogP contribution in [-0.4, -0.2) is 67.8 Å². The summed E-state index contributed by atoms with van der Waals surface area (Å²) in [4.78, 5) is 33.0. The van der Waals surface area contributed by atoms with E-state index in [9.17, 15) is 24.7 Å². The molecule has 1 aromatic carbocycles. The minimum atomic E-state index is -3.11. The van der Waals surface area contributed by atoms with E-state index in [0.717, 1.165) is 0 Å². The van der Waals surface area contributed by atoms with Crippen LogP contribution in [0.3, 0.4) is 0 Å². The van der Waals surface area contributed by atoms with Crippen LogP contribution in [0, 0.1) is 0 Å². The van der Waals surface area contributed by atoms with Gasteiger partial charge in [-0.1, -0.05) is 18.3 Å². The monoisotopic (exact) mass is 429 g/mol. The fourth-order valence-electron chi connectivity index (χ4n) is 4.45. The van der Waals surface area contributed by atoms with Gasteiger partial charge in [0.15, 0.2) is 0 Å². The number of nitrogens with one attached hydrogen (secondary N) is 1. The van der Waals surface area contributed by atoms with Gasteiger partial charge in [0.05, 0.1) is 30.9 Å². The number of aromatic amines is 1. The molecule has 2 aromatic rings. The van der Waals surface area contributed by atoms with Crippen molar-refractivity contribution < 1.29 is 34.1 Å². The maximum Gasteiger partial charge on any atom is 0.434 e. The molecule has 1 saturated heterocycles. The number of carboxylic acid groups (broad SMARTS) is 1. The van der Waals surface area contributed by atoms with Crippen LogP contribution < -0.4 is 15.1 Å². The molecule has 1 amide bonds. The number of rotatable bonds is 5. The number of fused-ring (bicyclic) bond motifs is 3. The highest BCUT2D eigenvalue weighted by Gasteiger charge is 2.55. The average molecular weight is 429 g/mol. The number of carbonyl (C=O) groups excluding carboxylic acids is 1. The van der Waals surface area contributed by atoms with Crippen molar-refractivity contribution in [2.75, 3.05) is 13.1 Å². The van der Waals surface area contributed by atoms with E-state index in [0.29, 0.717) is 17.7 Å². The van der Waals surface area contributed by atoms with Crippen LogP contribution >= 0.6 is 0 Å². The van der Waals surface area contributed by atoms with Crippen LogP contribution in [0.5, 0.6) is 11.5 Å². The minimum Gasteiger partial charge on any atom is -0.669 e. The Morgan fingerprint density at radius 2 is 2.13 bits per heavy atom. The van der Waals surface area contributed by atoms with Crippen molar-refractivity contribution >= 4 is 18.6 Å². The van der Waals surface area contributed by atoms with Crippen LogP contribution in [-0.2, 0) is 10.3 Å². The number of aromatic nitrogens is 2. The first-order valence-corrected chi connectivity index (χ1v) is 10.0. The third-order valence-electron chi connectivity index (χ3n) is 6.36. The molecule has 3 aliphatic rings. The smallest absolute Gasteiger partial charge is 0.434 e. The highest BCUT2D eigenvalue weighted by atomic mass is 16.6. The van der Waals surface area contributed by atoms with Crippen molar-refractivity contribution in [3.05, 3.63) is 41.5 Å². The lowest BCUT2D eigenvalue weighted by Crippen LogP contribution is -2.62. The van der Waals surface area contributed by atoms with E-state index in [1.807, 2.05) is 0 Å². The van der Waals surface area contributed by atoms with Crippen molar-refractivity contribution in [1.82, 2.24) is 14.9 Å². The van der Waals surface area contributed by atoms with Gasteiger partial charge in [0.2, 0.25) is 5.91 Å². The summed E-state index contributed by atoms with van der Waals surface area (Å²) in [5.41, 5.74) is 5.67. The van der Waals surface area contributed by atoms with Gasteiger partial charge in [0, 0.05) is 6.20 Å². The molecule has 6 N–H and O–H groups in total. The summed E-state index contributed by atoms with van der Waals surface area (Å²) < 4.78 is 11.1. The number of likely N-dealkylation sites (tertiary alicyclic amines) is 1. The van der Waals surface area contributed by atoms with Crippen LogP contribution in [0.4, 0.5) is 0 Å². The van der Waals surface area contributed by atoms with Gasteiger partial charge < -0.3 is 40.2 Å². The first-order valence-electron chi connectivity index (χ1n) is 10.0. The predicted molar refractivity (Wildman–Crippen MR) is 106 cm³/mol. The lowest BCUT2D eigenvalue weighted by molar-refractivity contribution is -0.145. The summed E-state index contributed by atoms with van der Waals surface area (Å²) >= 11 is 0. The Balaban J connectivity index is 1.32. The van der Waals surface area contributed by atoms with Crippen molar-refractivity contribution in [2.45, 2.75) is 36.7 Å². The zero-order valence-corrected chi connectivity index (χ0v) is 16.7. The lowest BCUT2D eigenvalue weighted by atomic mass is 9.68. The number of carbonyl (C=O) groups is 2. The Hall–Kier alpha value is -3.09. The number of benzene rings is 1. The van der Waals surface area contributed by atoms with E-state index in [4.69, 9.17) is 15.1 Å². The fraction of sp³-hybridized carbons (Fsp3) is 0.421. The minimum absolute atomic E-state index is 0.0526. The zero-order chi connectivity index (χ0) is 22.1. The maximum atomic E-state index is 12.7. The van der Waals surface area contributed by atoms with Gasteiger partial charge in [-0.3, -0.25) is 4.79 Å². The molecule has 12 heteroatoms. The number of hydrogen-bond donors (Lipinski definition) is 5. The number of amides is 1. The quantitative estimate of drug-likeness (QED) is 0.402. The standard InChI is InChI=1S/C19H22BN4O7/c1-19(21,14-5-22-8-23-14)18(27)24-6-9(7-24)30-13-3-2-10-11-4-12(11)20(28,29)31-16(10)15(13)17(25)26/h2-3,5,8-9,11-12,28-29H,4,6-7,21H2,1H3,(H,22,23)(H,25,26)/q-1/t11?,12-,19?/m1/s1. The van der Waals surface area contributed by atoms with E-state index >= 15 is 0 Å². The Labute approximate surface area is 176 Å². The molecule has 2 fully saturated rings. The first kappa shape index (κ1) is 19.9. The number of nitrogens with two attached hydrogens (primary N) is 1. The topological polar surface area (TPSA) is 171 Å². The summed E-state index contributed by atoms with van der Waals surface area (Å²) in [5.74, 6) is -2.16. The van der Waals surface area contributed by atoms with Gasteiger partial charge in [0.25, 0.3) is 0 Å². The van der Waals surface area contributed by atoms with Gasteiger partial charge in [-0.05, 0) is 24.5 Å². The molecule has 31 heavy (non-hydrogen) atoms. The average Bonchev–Trinajstić information content (AvgIpc) is 3.29. The van der Waals surface area contributed by atoms with Crippen molar-refractivity contribution in [3.63, 3.8) is 0 Å². The van der Waals surface area contributed by atoms with Crippen LogP contribution in [0.1, 0.15) is 40.9 Å². The Kier molecular flexibility index (Phi) is 4.13. The Morgan fingerprint density at radius 3 is 2.77 bits per heavy atom. The molecule has 1 aromatic heterocycles. The SMILES string of the molecule is CC(N)(C(=O)N1CC(Oc2ccc3c(c2C(=O)O)O[B-](O)(O)[C@@H]2CC32)C1)c1c[nH]cn1. The van der Waals surface area contributed by atoms with Crippen LogP contribution in [0.25, 0.3) is 0 Å². The van der Waals surface area contributed by atoms with E-state index in [1.165, 1.54) is 11.2 Å². The van der Waals surface area contributed by atoms with Crippen molar-refractivity contribution in [1.29, 1.82) is 0 Å². The zero-order valence-electron chi connectivity index (χ0n) is 16.7. The largest absolute Gasteiger partial charge is 0.669 e. The molecule has 1 saturated carbocycles. The fourth-order valence-corrected chi connectivity index (χ4v) is 4.45. The second kappa shape index (κ2) is 6.46. The first-order chi connectivity index (χ1) is 14.6. The molecule has 2 aliphatic heterocycles. The molecule has 1 aliphatic carbocycles. The van der Waals surface area contributed by atoms with E-state index < -0.39 is 30.2 Å². The van der Waals surface area contributed by atoms with Gasteiger partial charge in [-0.15, -0.1) is 0 Å². The van der Waals surface area contributed by atoms with Crippen molar-refractivity contribution in [3.8, 4) is 11.5 Å². The number of nitrogens with zero attached hydrogens (tertiary/aromatic N) is 2. The van der Waals surface area contributed by atoms with Gasteiger partial charge in [-0.25, -0.2) is 9.78 Å². The third kappa shape index (κ3) is 3.06. The van der Waals surface area contributed by atoms with Crippen LogP contribution in [0.15, 0.2) is 24.7 Å². The number of carboxylic acids is 1. The molecular weight excluding hydrogens is 407 g/mol. The summed E-state index contributed by atoms with van der Waals surface area (Å²) in [6, 6.07) is 3.25. The van der Waals surface area contributed by atoms with Crippen LogP contribution in [0.2, 0.25) is 5.82 Å². The highest BCUT2D eigenvalue weighted by Crippen LogP contribution is 2.63. The molecule has 0 radical (unpaired) electrons. The van der Waals surface area contributed by atoms with Gasteiger partial charge in [0.1, 0.15) is 23.0 Å². The summed E-state index contributed by atoms with van der Waals surface area (Å²) in [7, 11) is 0. The second-order valence-corrected chi connectivity index (χ2v) is 8.65. The number of aromatic carboxylic acids is 1. The molecule has 0 spiro atoms. The number of imidazole rings is 1. The molecule has 3 heterocycles. The van der Waals surface area contributed by atoms with Crippen molar-refractivity contribution in [2.24, 2.45) is 5.73 Å². The number of hydrogen-bond acceptors (Lipinski definition) is 8. The predicted octanol–water partition coefficient (Wildman–Crippen LogP) is -0.255. The molecule has 5 rings (SSSR count). The number of ether oxygens (including phenoxy) is 1. The number of H-pyrrole nitrogens is 1. The molecule has 2 unspecified atom stereocenters. The second-order valence-electron chi connectivity index (χ2n) is 8.65. The van der Waals surface area contributed by atoms with E-state index in [1.54, 1.807) is 25.3 Å². The molecule has 3 atom stereocenters. The molecule has 11 nitrogen and oxygen atoms in total.